The quantitative estimate of drug-likeness (QED) is 0.599. The van der Waals surface area contributed by atoms with E-state index >= 15 is 0 Å². The molecule has 0 bridgehead atoms. The minimum atomic E-state index is -0.180. The summed E-state index contributed by atoms with van der Waals surface area (Å²) in [5.74, 6) is 0.195. The van der Waals surface area contributed by atoms with Gasteiger partial charge in [-0.1, -0.05) is 13.3 Å². The molecule has 0 spiro atoms. The normalized spacial score (nSPS) is 9.08. The fourth-order valence-electron chi connectivity index (χ4n) is 0.913. The zero-order valence-corrected chi connectivity index (χ0v) is 7.13. The lowest BCUT2D eigenvalue weighted by Gasteiger charge is -1.96. The van der Waals surface area contributed by atoms with Gasteiger partial charge in [-0.05, 0) is 6.42 Å². The lowest BCUT2D eigenvalue weighted by Crippen LogP contribution is -2.11. The number of aryl methyl sites for hydroxylation is 1. The van der Waals surface area contributed by atoms with Crippen molar-refractivity contribution in [2.24, 2.45) is 0 Å². The minimum Gasteiger partial charge on any atom is -0.369 e. The first-order valence-corrected chi connectivity index (χ1v) is 3.58. The zero-order chi connectivity index (χ0) is 8.27. The van der Waals surface area contributed by atoms with Crippen molar-refractivity contribution in [1.82, 2.24) is 16.1 Å². The SMILES string of the molecule is CCCc1cc(=O)[nH]c(N)n1.N. The summed E-state index contributed by atoms with van der Waals surface area (Å²) in [5, 5.41) is 0. The van der Waals surface area contributed by atoms with Crippen LogP contribution in [0.5, 0.6) is 0 Å². The summed E-state index contributed by atoms with van der Waals surface area (Å²) in [4.78, 5) is 17.1. The molecule has 12 heavy (non-hydrogen) atoms. The van der Waals surface area contributed by atoms with Crippen molar-refractivity contribution in [2.45, 2.75) is 19.8 Å². The molecule has 6 N–H and O–H groups in total. The third-order valence-corrected chi connectivity index (χ3v) is 1.32. The molecule has 1 aromatic heterocycles. The Kier molecular flexibility index (Phi) is 3.99. The van der Waals surface area contributed by atoms with E-state index in [2.05, 4.69) is 9.97 Å². The molecule has 0 atom stereocenters. The third-order valence-electron chi connectivity index (χ3n) is 1.32. The van der Waals surface area contributed by atoms with Crippen LogP contribution >= 0.6 is 0 Å². The smallest absolute Gasteiger partial charge is 0.252 e. The van der Waals surface area contributed by atoms with Gasteiger partial charge in [-0.2, -0.15) is 0 Å². The zero-order valence-electron chi connectivity index (χ0n) is 7.13. The number of hydrogen-bond donors (Lipinski definition) is 3. The van der Waals surface area contributed by atoms with Gasteiger partial charge in [0.2, 0.25) is 5.95 Å². The highest BCUT2D eigenvalue weighted by atomic mass is 16.1. The number of nitrogens with two attached hydrogens (primary N) is 1. The Morgan fingerprint density at radius 2 is 2.33 bits per heavy atom. The first-order valence-electron chi connectivity index (χ1n) is 3.58. The lowest BCUT2D eigenvalue weighted by atomic mass is 10.2. The van der Waals surface area contributed by atoms with E-state index in [0.717, 1.165) is 18.5 Å². The van der Waals surface area contributed by atoms with E-state index in [0.29, 0.717) is 0 Å². The van der Waals surface area contributed by atoms with Crippen LogP contribution in [0.4, 0.5) is 5.95 Å². The summed E-state index contributed by atoms with van der Waals surface area (Å²) in [7, 11) is 0. The number of anilines is 1. The van der Waals surface area contributed by atoms with E-state index in [1.165, 1.54) is 6.07 Å². The number of hydrogen-bond acceptors (Lipinski definition) is 4. The molecule has 0 aromatic carbocycles. The molecule has 1 heterocycles. The molecule has 0 aliphatic carbocycles. The molecule has 1 aromatic rings. The van der Waals surface area contributed by atoms with Gasteiger partial charge >= 0.3 is 0 Å². The number of nitrogens with one attached hydrogen (secondary N) is 1. The predicted octanol–water partition coefficient (Wildman–Crippen LogP) is 0.467. The second-order valence-corrected chi connectivity index (χ2v) is 2.37. The average Bonchev–Trinajstić information content (AvgIpc) is 1.85. The van der Waals surface area contributed by atoms with Gasteiger partial charge in [0.05, 0.1) is 0 Å². The maximum Gasteiger partial charge on any atom is 0.252 e. The minimum absolute atomic E-state index is 0. The molecule has 0 saturated carbocycles. The van der Waals surface area contributed by atoms with Crippen LogP contribution < -0.4 is 17.4 Å². The summed E-state index contributed by atoms with van der Waals surface area (Å²) in [6, 6.07) is 1.47. The fraction of sp³-hybridized carbons (Fsp3) is 0.429. The molecule has 0 fully saturated rings. The summed E-state index contributed by atoms with van der Waals surface area (Å²) in [5.41, 5.74) is 5.90. The summed E-state index contributed by atoms with van der Waals surface area (Å²) < 4.78 is 0. The maximum absolute atomic E-state index is 10.8. The number of rotatable bonds is 2. The Labute approximate surface area is 70.6 Å². The predicted molar refractivity (Wildman–Crippen MR) is 48.3 cm³/mol. The van der Waals surface area contributed by atoms with Gasteiger partial charge in [-0.25, -0.2) is 4.98 Å². The fourth-order valence-corrected chi connectivity index (χ4v) is 0.913. The lowest BCUT2D eigenvalue weighted by molar-refractivity contribution is 0.871. The molecule has 0 saturated heterocycles. The molecule has 68 valence electrons. The molecule has 0 radical (unpaired) electrons. The Morgan fingerprint density at radius 3 is 2.83 bits per heavy atom. The molecule has 0 unspecified atom stereocenters. The standard InChI is InChI=1S/C7H11N3O.H3N/c1-2-3-5-4-6(11)10-7(8)9-5;/h4H,2-3H2,1H3,(H3,8,9,10,11);1H3. The van der Waals surface area contributed by atoms with Crippen LogP contribution in [0, 0.1) is 0 Å². The summed E-state index contributed by atoms with van der Waals surface area (Å²) in [6.45, 7) is 2.03. The molecule has 5 nitrogen and oxygen atoms in total. The van der Waals surface area contributed by atoms with E-state index in [1.54, 1.807) is 0 Å². The highest BCUT2D eigenvalue weighted by Gasteiger charge is 1.95. The van der Waals surface area contributed by atoms with Crippen LogP contribution in [0.15, 0.2) is 10.9 Å². The van der Waals surface area contributed by atoms with Crippen molar-refractivity contribution in [1.29, 1.82) is 0 Å². The number of H-pyrrole nitrogens is 1. The highest BCUT2D eigenvalue weighted by molar-refractivity contribution is 5.17. The van der Waals surface area contributed by atoms with Crippen molar-refractivity contribution in [3.8, 4) is 0 Å². The third kappa shape index (κ3) is 2.71. The Bertz CT molecular complexity index is 294. The number of aromatic amines is 1. The number of nitrogen functional groups attached to an aromatic ring is 1. The van der Waals surface area contributed by atoms with Crippen molar-refractivity contribution in [3.05, 3.63) is 22.1 Å². The van der Waals surface area contributed by atoms with Gasteiger partial charge in [0.1, 0.15) is 0 Å². The summed E-state index contributed by atoms with van der Waals surface area (Å²) in [6.07, 6.45) is 1.77. The van der Waals surface area contributed by atoms with Crippen molar-refractivity contribution in [3.63, 3.8) is 0 Å². The number of nitrogens with zero attached hydrogens (tertiary/aromatic N) is 1. The van der Waals surface area contributed by atoms with E-state index in [1.807, 2.05) is 6.92 Å². The Morgan fingerprint density at radius 1 is 1.67 bits per heavy atom. The molecular weight excluding hydrogens is 156 g/mol. The second kappa shape index (κ2) is 4.50. The van der Waals surface area contributed by atoms with Crippen LogP contribution in [0.25, 0.3) is 0 Å². The molecule has 1 rings (SSSR count). The van der Waals surface area contributed by atoms with Crippen molar-refractivity contribution >= 4 is 5.95 Å². The first-order chi connectivity index (χ1) is 5.22. The van der Waals surface area contributed by atoms with Gasteiger partial charge in [0.15, 0.2) is 0 Å². The molecular formula is C7H14N4O. The van der Waals surface area contributed by atoms with Crippen molar-refractivity contribution < 1.29 is 0 Å². The van der Waals surface area contributed by atoms with Crippen LogP contribution in [0.3, 0.4) is 0 Å². The van der Waals surface area contributed by atoms with Gasteiger partial charge in [0.25, 0.3) is 5.56 Å². The van der Waals surface area contributed by atoms with Crippen LogP contribution in [-0.4, -0.2) is 9.97 Å². The molecule has 0 aliphatic heterocycles. The second-order valence-electron chi connectivity index (χ2n) is 2.37. The van der Waals surface area contributed by atoms with E-state index in [4.69, 9.17) is 5.73 Å². The largest absolute Gasteiger partial charge is 0.369 e. The van der Waals surface area contributed by atoms with E-state index in [9.17, 15) is 4.79 Å². The van der Waals surface area contributed by atoms with E-state index < -0.39 is 0 Å². The monoisotopic (exact) mass is 170 g/mol. The number of aromatic nitrogens is 2. The van der Waals surface area contributed by atoms with E-state index in [-0.39, 0.29) is 17.7 Å². The van der Waals surface area contributed by atoms with Gasteiger partial charge in [0, 0.05) is 11.8 Å². The van der Waals surface area contributed by atoms with Gasteiger partial charge in [-0.3, -0.25) is 9.78 Å². The molecule has 0 amide bonds. The highest BCUT2D eigenvalue weighted by Crippen LogP contribution is 1.96. The molecule has 0 aliphatic rings. The van der Waals surface area contributed by atoms with Crippen LogP contribution in [-0.2, 0) is 6.42 Å². The Hall–Kier alpha value is -1.36. The van der Waals surface area contributed by atoms with Crippen molar-refractivity contribution in [2.75, 3.05) is 5.73 Å². The Balaban J connectivity index is 0.00000121. The first kappa shape index (κ1) is 10.6. The average molecular weight is 170 g/mol. The van der Waals surface area contributed by atoms with Gasteiger partial charge in [-0.15, -0.1) is 0 Å². The topological polar surface area (TPSA) is 107 Å². The molecule has 5 heteroatoms. The van der Waals surface area contributed by atoms with Crippen LogP contribution in [0.2, 0.25) is 0 Å². The van der Waals surface area contributed by atoms with Crippen LogP contribution in [0.1, 0.15) is 19.0 Å². The maximum atomic E-state index is 10.8. The van der Waals surface area contributed by atoms with Gasteiger partial charge < -0.3 is 11.9 Å². The summed E-state index contributed by atoms with van der Waals surface area (Å²) >= 11 is 0.